The predicted molar refractivity (Wildman–Crippen MR) is 111 cm³/mol. The Balaban J connectivity index is 1.92. The van der Waals surface area contributed by atoms with Gasteiger partial charge in [-0.2, -0.15) is 0 Å². The first-order valence-corrected chi connectivity index (χ1v) is 10.3. The van der Waals surface area contributed by atoms with Crippen LogP contribution in [-0.2, 0) is 9.53 Å². The summed E-state index contributed by atoms with van der Waals surface area (Å²) in [6.45, 7) is 9.00. The van der Waals surface area contributed by atoms with Gasteiger partial charge in [0.05, 0.1) is 12.6 Å². The van der Waals surface area contributed by atoms with Crippen LogP contribution in [-0.4, -0.2) is 60.1 Å². The average Bonchev–Trinajstić information content (AvgIpc) is 2.65. The van der Waals surface area contributed by atoms with Crippen LogP contribution in [0, 0.1) is 5.82 Å². The molecule has 29 heavy (non-hydrogen) atoms. The van der Waals surface area contributed by atoms with Gasteiger partial charge in [-0.05, 0) is 64.8 Å². The first-order chi connectivity index (χ1) is 13.6. The van der Waals surface area contributed by atoms with Gasteiger partial charge in [0, 0.05) is 19.6 Å². The maximum absolute atomic E-state index is 13.2. The van der Waals surface area contributed by atoms with Gasteiger partial charge in [-0.15, -0.1) is 0 Å². The van der Waals surface area contributed by atoms with E-state index in [2.05, 4.69) is 10.2 Å². The van der Waals surface area contributed by atoms with Gasteiger partial charge in [0.1, 0.15) is 11.4 Å². The molecule has 1 N–H and O–H groups in total. The Labute approximate surface area is 173 Å². The fourth-order valence-electron chi connectivity index (χ4n) is 3.48. The fraction of sp³-hybridized carbons (Fsp3) is 0.636. The molecule has 7 heteroatoms. The maximum Gasteiger partial charge on any atom is 0.407 e. The summed E-state index contributed by atoms with van der Waals surface area (Å²) in [7, 11) is 1.77. The van der Waals surface area contributed by atoms with Crippen LogP contribution >= 0.6 is 0 Å². The molecule has 2 rings (SSSR count). The van der Waals surface area contributed by atoms with E-state index < -0.39 is 11.7 Å². The molecule has 1 aromatic carbocycles. The predicted octanol–water partition coefficient (Wildman–Crippen LogP) is 3.72. The fourth-order valence-corrected chi connectivity index (χ4v) is 3.48. The second kappa shape index (κ2) is 10.1. The Morgan fingerprint density at radius 2 is 1.93 bits per heavy atom. The highest BCUT2D eigenvalue weighted by Gasteiger charge is 2.28. The highest BCUT2D eigenvalue weighted by atomic mass is 19.1. The van der Waals surface area contributed by atoms with Gasteiger partial charge >= 0.3 is 6.09 Å². The number of piperidine rings is 1. The van der Waals surface area contributed by atoms with Crippen molar-refractivity contribution in [2.24, 2.45) is 0 Å². The number of rotatable bonds is 6. The first kappa shape index (κ1) is 23.1. The molecule has 0 saturated carbocycles. The summed E-state index contributed by atoms with van der Waals surface area (Å²) in [6.07, 6.45) is 2.61. The van der Waals surface area contributed by atoms with E-state index in [9.17, 15) is 14.0 Å². The molecule has 0 bridgehead atoms. The number of hydrogen-bond acceptors (Lipinski definition) is 4. The SMILES string of the molecule is CC(c1ccc(F)cc1)N(C)C(=O)CN1CCCCC1CNC(=O)OC(C)(C)C. The summed E-state index contributed by atoms with van der Waals surface area (Å²) in [5.74, 6) is -0.283. The van der Waals surface area contributed by atoms with E-state index in [1.807, 2.05) is 27.7 Å². The van der Waals surface area contributed by atoms with Gasteiger partial charge in [-0.3, -0.25) is 9.69 Å². The first-order valence-electron chi connectivity index (χ1n) is 10.3. The van der Waals surface area contributed by atoms with Crippen molar-refractivity contribution in [3.63, 3.8) is 0 Å². The van der Waals surface area contributed by atoms with Crippen LogP contribution in [0.5, 0.6) is 0 Å². The van der Waals surface area contributed by atoms with Crippen molar-refractivity contribution in [1.82, 2.24) is 15.1 Å². The van der Waals surface area contributed by atoms with Crippen LogP contribution in [0.3, 0.4) is 0 Å². The van der Waals surface area contributed by atoms with E-state index >= 15 is 0 Å². The molecule has 6 nitrogen and oxygen atoms in total. The number of hydrogen-bond donors (Lipinski definition) is 1. The highest BCUT2D eigenvalue weighted by molar-refractivity contribution is 5.78. The van der Waals surface area contributed by atoms with Crippen LogP contribution < -0.4 is 5.32 Å². The summed E-state index contributed by atoms with van der Waals surface area (Å²) >= 11 is 0. The summed E-state index contributed by atoms with van der Waals surface area (Å²) in [5, 5.41) is 2.83. The molecule has 0 radical (unpaired) electrons. The topological polar surface area (TPSA) is 61.9 Å². The van der Waals surface area contributed by atoms with Crippen molar-refractivity contribution in [2.45, 2.75) is 64.6 Å². The molecule has 1 fully saturated rings. The normalized spacial score (nSPS) is 18.8. The largest absolute Gasteiger partial charge is 0.444 e. The lowest BCUT2D eigenvalue weighted by Gasteiger charge is -2.37. The number of amides is 2. The molecular formula is C22H34FN3O3. The Morgan fingerprint density at radius 3 is 2.55 bits per heavy atom. The quantitative estimate of drug-likeness (QED) is 0.781. The highest BCUT2D eigenvalue weighted by Crippen LogP contribution is 2.21. The smallest absolute Gasteiger partial charge is 0.407 e. The lowest BCUT2D eigenvalue weighted by atomic mass is 10.0. The summed E-state index contributed by atoms with van der Waals surface area (Å²) in [5.41, 5.74) is 0.356. The lowest BCUT2D eigenvalue weighted by Crippen LogP contribution is -2.51. The minimum atomic E-state index is -0.536. The number of ether oxygens (including phenoxy) is 1. The lowest BCUT2D eigenvalue weighted by molar-refractivity contribution is -0.134. The molecule has 162 valence electrons. The number of nitrogens with zero attached hydrogens (tertiary/aromatic N) is 2. The van der Waals surface area contributed by atoms with E-state index in [0.717, 1.165) is 31.4 Å². The number of nitrogens with one attached hydrogen (secondary N) is 1. The number of likely N-dealkylation sites (tertiary alicyclic amines) is 1. The van der Waals surface area contributed by atoms with Crippen molar-refractivity contribution in [3.8, 4) is 0 Å². The van der Waals surface area contributed by atoms with E-state index in [-0.39, 0.29) is 23.8 Å². The molecule has 0 aromatic heterocycles. The molecular weight excluding hydrogens is 373 g/mol. The van der Waals surface area contributed by atoms with E-state index in [1.165, 1.54) is 12.1 Å². The van der Waals surface area contributed by atoms with Gasteiger partial charge in [0.25, 0.3) is 0 Å². The Kier molecular flexibility index (Phi) is 8.02. The number of carbonyl (C=O) groups is 2. The summed E-state index contributed by atoms with van der Waals surface area (Å²) in [6, 6.07) is 6.19. The van der Waals surface area contributed by atoms with Crippen LogP contribution in [0.15, 0.2) is 24.3 Å². The molecule has 1 aliphatic heterocycles. The zero-order valence-electron chi connectivity index (χ0n) is 18.2. The van der Waals surface area contributed by atoms with Crippen molar-refractivity contribution in [1.29, 1.82) is 0 Å². The van der Waals surface area contributed by atoms with E-state index in [4.69, 9.17) is 4.74 Å². The minimum Gasteiger partial charge on any atom is -0.444 e. The average molecular weight is 408 g/mol. The molecule has 2 atom stereocenters. The third-order valence-electron chi connectivity index (χ3n) is 5.30. The minimum absolute atomic E-state index is 0.00555. The van der Waals surface area contributed by atoms with Crippen LogP contribution in [0.25, 0.3) is 0 Å². The van der Waals surface area contributed by atoms with Gasteiger partial charge in [-0.25, -0.2) is 9.18 Å². The zero-order valence-corrected chi connectivity index (χ0v) is 18.2. The van der Waals surface area contributed by atoms with Crippen LogP contribution in [0.4, 0.5) is 9.18 Å². The summed E-state index contributed by atoms with van der Waals surface area (Å²) < 4.78 is 18.5. The zero-order chi connectivity index (χ0) is 21.6. The monoisotopic (exact) mass is 407 g/mol. The van der Waals surface area contributed by atoms with Gasteiger partial charge in [0.2, 0.25) is 5.91 Å². The second-order valence-electron chi connectivity index (χ2n) is 8.74. The van der Waals surface area contributed by atoms with Gasteiger partial charge in [0.15, 0.2) is 0 Å². The van der Waals surface area contributed by atoms with Gasteiger partial charge < -0.3 is 15.0 Å². The number of halogens is 1. The molecule has 2 unspecified atom stereocenters. The Morgan fingerprint density at radius 1 is 1.28 bits per heavy atom. The molecule has 2 amide bonds. The Bertz CT molecular complexity index is 688. The van der Waals surface area contributed by atoms with Crippen LogP contribution in [0.2, 0.25) is 0 Å². The Hall–Kier alpha value is -2.15. The third-order valence-corrected chi connectivity index (χ3v) is 5.30. The number of alkyl carbamates (subject to hydrolysis) is 1. The van der Waals surface area contributed by atoms with Crippen LogP contribution in [0.1, 0.15) is 58.6 Å². The maximum atomic E-state index is 13.2. The third kappa shape index (κ3) is 7.31. The summed E-state index contributed by atoms with van der Waals surface area (Å²) in [4.78, 5) is 28.6. The second-order valence-corrected chi connectivity index (χ2v) is 8.74. The molecule has 0 aliphatic carbocycles. The van der Waals surface area contributed by atoms with Crippen molar-refractivity contribution >= 4 is 12.0 Å². The molecule has 0 spiro atoms. The molecule has 1 aromatic rings. The molecule has 1 aliphatic rings. The number of benzene rings is 1. The van der Waals surface area contributed by atoms with Crippen molar-refractivity contribution < 1.29 is 18.7 Å². The van der Waals surface area contributed by atoms with Crippen molar-refractivity contribution in [2.75, 3.05) is 26.7 Å². The molecule has 1 heterocycles. The van der Waals surface area contributed by atoms with E-state index in [0.29, 0.717) is 13.1 Å². The molecule has 1 saturated heterocycles. The number of likely N-dealkylation sites (N-methyl/N-ethyl adjacent to an activating group) is 1. The van der Waals surface area contributed by atoms with E-state index in [1.54, 1.807) is 24.1 Å². The standard InChI is InChI=1S/C22H34FN3O3/c1-16(17-9-11-18(23)12-10-17)25(5)20(27)15-26-13-7-6-8-19(26)14-24-21(28)29-22(2,3)4/h9-12,16,19H,6-8,13-15H2,1-5H3,(H,24,28). The van der Waals surface area contributed by atoms with Crippen molar-refractivity contribution in [3.05, 3.63) is 35.6 Å². The number of carbonyl (C=O) groups excluding carboxylic acids is 2. The van der Waals surface area contributed by atoms with Gasteiger partial charge in [-0.1, -0.05) is 18.6 Å².